The van der Waals surface area contributed by atoms with Crippen LogP contribution < -0.4 is 10.1 Å². The molecule has 1 N–H and O–H groups in total. The molecule has 0 aromatic heterocycles. The zero-order valence-electron chi connectivity index (χ0n) is 12.5. The molecule has 1 aromatic carbocycles. The zero-order chi connectivity index (χ0) is 15.5. The Morgan fingerprint density at radius 2 is 2.00 bits per heavy atom. The van der Waals surface area contributed by atoms with Gasteiger partial charge in [0.1, 0.15) is 0 Å². The van der Waals surface area contributed by atoms with E-state index in [4.69, 9.17) is 0 Å². The molecule has 2 rings (SSSR count). The number of anilines is 1. The molecule has 0 spiro atoms. The van der Waals surface area contributed by atoms with Gasteiger partial charge in [-0.3, -0.25) is 0 Å². The van der Waals surface area contributed by atoms with E-state index in [1.165, 1.54) is 18.6 Å². The molecule has 1 aliphatic rings. The van der Waals surface area contributed by atoms with Crippen molar-refractivity contribution in [2.75, 3.05) is 5.32 Å². The first kappa shape index (κ1) is 16.0. The summed E-state index contributed by atoms with van der Waals surface area (Å²) in [6.45, 7) is 1.53. The van der Waals surface area contributed by atoms with E-state index in [-0.39, 0.29) is 0 Å². The highest BCUT2D eigenvalue weighted by atomic mass is 19.3. The summed E-state index contributed by atoms with van der Waals surface area (Å²) < 4.78 is 41.9. The summed E-state index contributed by atoms with van der Waals surface area (Å²) in [6, 6.07) is 4.34. The van der Waals surface area contributed by atoms with Crippen LogP contribution in [0.5, 0.6) is 5.75 Å². The van der Waals surface area contributed by atoms with Crippen molar-refractivity contribution in [1.82, 2.24) is 0 Å². The van der Waals surface area contributed by atoms with E-state index in [1.807, 2.05) is 0 Å². The Bertz CT molecular complexity index is 477. The van der Waals surface area contributed by atoms with Crippen molar-refractivity contribution in [3.05, 3.63) is 24.0 Å². The van der Waals surface area contributed by atoms with Crippen LogP contribution in [0.15, 0.2) is 18.2 Å². The van der Waals surface area contributed by atoms with Gasteiger partial charge in [-0.2, -0.15) is 8.78 Å². The first-order chi connectivity index (χ1) is 9.85. The maximum atomic E-state index is 13.7. The Morgan fingerprint density at radius 1 is 1.24 bits per heavy atom. The second-order valence-corrected chi connectivity index (χ2v) is 6.46. The maximum absolute atomic E-state index is 13.7. The van der Waals surface area contributed by atoms with Crippen LogP contribution in [0.25, 0.3) is 0 Å². The minimum atomic E-state index is -3.01. The summed E-state index contributed by atoms with van der Waals surface area (Å²) in [5, 5.41) is 3.30. The van der Waals surface area contributed by atoms with Crippen molar-refractivity contribution in [3.63, 3.8) is 0 Å². The van der Waals surface area contributed by atoms with E-state index in [9.17, 15) is 13.2 Å². The molecule has 1 aromatic rings. The molecule has 0 amide bonds. The number of hydrogen-bond donors (Lipinski definition) is 1. The highest BCUT2D eigenvalue weighted by Crippen LogP contribution is 2.35. The molecular formula is C16H22F3NO. The molecule has 0 bridgehead atoms. The SMILES string of the molecule is CC1(C)CCCC(Nc2ccc(OC(F)F)c(F)c2)CC1. The Hall–Kier alpha value is -1.39. The summed E-state index contributed by atoms with van der Waals surface area (Å²) in [5.41, 5.74) is 0.968. The molecule has 1 atom stereocenters. The third-order valence-corrected chi connectivity index (χ3v) is 4.09. The van der Waals surface area contributed by atoms with E-state index < -0.39 is 18.2 Å². The van der Waals surface area contributed by atoms with Gasteiger partial charge in [-0.15, -0.1) is 0 Å². The molecule has 1 fully saturated rings. The summed E-state index contributed by atoms with van der Waals surface area (Å²) in [4.78, 5) is 0. The van der Waals surface area contributed by atoms with Crippen LogP contribution in [0.3, 0.4) is 0 Å². The Kier molecular flexibility index (Phi) is 5.01. The molecule has 5 heteroatoms. The van der Waals surface area contributed by atoms with E-state index in [2.05, 4.69) is 23.9 Å². The van der Waals surface area contributed by atoms with Gasteiger partial charge in [0.2, 0.25) is 0 Å². The van der Waals surface area contributed by atoms with Gasteiger partial charge in [0.15, 0.2) is 11.6 Å². The first-order valence-electron chi connectivity index (χ1n) is 7.37. The lowest BCUT2D eigenvalue weighted by atomic mass is 9.85. The third kappa shape index (κ3) is 4.83. The molecular weight excluding hydrogens is 279 g/mol. The van der Waals surface area contributed by atoms with Gasteiger partial charge in [-0.1, -0.05) is 20.3 Å². The van der Waals surface area contributed by atoms with Gasteiger partial charge in [-0.05, 0) is 43.2 Å². The number of ether oxygens (including phenoxy) is 1. The maximum Gasteiger partial charge on any atom is 0.387 e. The van der Waals surface area contributed by atoms with Crippen LogP contribution in [0.1, 0.15) is 46.0 Å². The van der Waals surface area contributed by atoms with E-state index in [0.29, 0.717) is 17.1 Å². The van der Waals surface area contributed by atoms with E-state index >= 15 is 0 Å². The molecule has 0 aliphatic heterocycles. The predicted molar refractivity (Wildman–Crippen MR) is 77.3 cm³/mol. The molecule has 2 nitrogen and oxygen atoms in total. The second-order valence-electron chi connectivity index (χ2n) is 6.46. The molecule has 1 saturated carbocycles. The van der Waals surface area contributed by atoms with Crippen LogP contribution in [-0.4, -0.2) is 12.7 Å². The highest BCUT2D eigenvalue weighted by Gasteiger charge is 2.24. The van der Waals surface area contributed by atoms with E-state index in [1.54, 1.807) is 6.07 Å². The molecule has 0 saturated heterocycles. The Labute approximate surface area is 123 Å². The number of rotatable bonds is 4. The minimum absolute atomic E-state index is 0.299. The fourth-order valence-electron chi connectivity index (χ4n) is 2.82. The summed E-state index contributed by atoms with van der Waals surface area (Å²) >= 11 is 0. The van der Waals surface area contributed by atoms with Crippen LogP contribution >= 0.6 is 0 Å². The quantitative estimate of drug-likeness (QED) is 0.772. The number of halogens is 3. The average molecular weight is 301 g/mol. The lowest BCUT2D eigenvalue weighted by Gasteiger charge is -2.22. The first-order valence-corrected chi connectivity index (χ1v) is 7.37. The van der Waals surface area contributed by atoms with Gasteiger partial charge in [-0.25, -0.2) is 4.39 Å². The second kappa shape index (κ2) is 6.58. The summed E-state index contributed by atoms with van der Waals surface area (Å²) in [6.07, 6.45) is 5.53. The lowest BCUT2D eigenvalue weighted by Crippen LogP contribution is -2.19. The van der Waals surface area contributed by atoms with Crippen molar-refractivity contribution in [1.29, 1.82) is 0 Å². The molecule has 21 heavy (non-hydrogen) atoms. The smallest absolute Gasteiger partial charge is 0.387 e. The predicted octanol–water partition coefficient (Wildman–Crippen LogP) is 5.20. The van der Waals surface area contributed by atoms with Gasteiger partial charge < -0.3 is 10.1 Å². The molecule has 118 valence electrons. The number of benzene rings is 1. The monoisotopic (exact) mass is 301 g/mol. The molecule has 1 unspecified atom stereocenters. The van der Waals surface area contributed by atoms with Crippen molar-refractivity contribution >= 4 is 5.69 Å². The standard InChI is InChI=1S/C16H22F3NO/c1-16(2)8-3-4-11(7-9-16)20-12-5-6-14(13(17)10-12)21-15(18)19/h5-6,10-11,15,20H,3-4,7-9H2,1-2H3. The van der Waals surface area contributed by atoms with Crippen LogP contribution in [0, 0.1) is 11.2 Å². The number of hydrogen-bond acceptors (Lipinski definition) is 2. The van der Waals surface area contributed by atoms with Gasteiger partial charge in [0.05, 0.1) is 0 Å². The topological polar surface area (TPSA) is 21.3 Å². The van der Waals surface area contributed by atoms with E-state index in [0.717, 1.165) is 25.7 Å². The molecule has 1 aliphatic carbocycles. The molecule has 0 heterocycles. The van der Waals surface area contributed by atoms with Gasteiger partial charge >= 0.3 is 6.61 Å². The van der Waals surface area contributed by atoms with Crippen LogP contribution in [0.4, 0.5) is 18.9 Å². The largest absolute Gasteiger partial charge is 0.432 e. The van der Waals surface area contributed by atoms with Crippen molar-refractivity contribution in [3.8, 4) is 5.75 Å². The van der Waals surface area contributed by atoms with Gasteiger partial charge in [0.25, 0.3) is 0 Å². The van der Waals surface area contributed by atoms with Gasteiger partial charge in [0, 0.05) is 17.8 Å². The van der Waals surface area contributed by atoms with Crippen molar-refractivity contribution < 1.29 is 17.9 Å². The lowest BCUT2D eigenvalue weighted by molar-refractivity contribution is -0.0521. The third-order valence-electron chi connectivity index (χ3n) is 4.09. The number of nitrogens with one attached hydrogen (secondary N) is 1. The average Bonchev–Trinajstić information content (AvgIpc) is 2.54. The normalized spacial score (nSPS) is 21.9. The Balaban J connectivity index is 1.98. The van der Waals surface area contributed by atoms with Crippen LogP contribution in [-0.2, 0) is 0 Å². The Morgan fingerprint density at radius 3 is 2.67 bits per heavy atom. The molecule has 0 radical (unpaired) electrons. The zero-order valence-corrected chi connectivity index (χ0v) is 12.5. The fraction of sp³-hybridized carbons (Fsp3) is 0.625. The summed E-state index contributed by atoms with van der Waals surface area (Å²) in [7, 11) is 0. The highest BCUT2D eigenvalue weighted by molar-refractivity contribution is 5.48. The van der Waals surface area contributed by atoms with Crippen molar-refractivity contribution in [2.24, 2.45) is 5.41 Å². The van der Waals surface area contributed by atoms with Crippen molar-refractivity contribution in [2.45, 2.75) is 58.6 Å². The number of alkyl halides is 2. The van der Waals surface area contributed by atoms with Crippen LogP contribution in [0.2, 0.25) is 0 Å². The summed E-state index contributed by atoms with van der Waals surface area (Å²) in [5.74, 6) is -1.19. The fourth-order valence-corrected chi connectivity index (χ4v) is 2.82. The minimum Gasteiger partial charge on any atom is -0.432 e.